The van der Waals surface area contributed by atoms with Crippen molar-refractivity contribution in [2.45, 2.75) is 13.2 Å². The first-order chi connectivity index (χ1) is 12.0. The number of hydrogen-bond acceptors (Lipinski definition) is 4. The van der Waals surface area contributed by atoms with Crippen LogP contribution in [0.4, 0.5) is 8.78 Å². The molecule has 5 nitrogen and oxygen atoms in total. The molecule has 1 N–H and O–H groups in total. The minimum Gasteiger partial charge on any atom is -0.434 e. The fourth-order valence-electron chi connectivity index (χ4n) is 2.23. The summed E-state index contributed by atoms with van der Waals surface area (Å²) in [6.07, 6.45) is 1.37. The van der Waals surface area contributed by atoms with Crippen molar-refractivity contribution < 1.29 is 18.3 Å². The van der Waals surface area contributed by atoms with Crippen LogP contribution < -0.4 is 10.1 Å². The maximum absolute atomic E-state index is 12.5. The van der Waals surface area contributed by atoms with Crippen LogP contribution in [-0.2, 0) is 6.54 Å². The van der Waals surface area contributed by atoms with Gasteiger partial charge in [0.15, 0.2) is 0 Å². The molecule has 0 radical (unpaired) electrons. The van der Waals surface area contributed by atoms with Gasteiger partial charge in [-0.25, -0.2) is 4.98 Å². The van der Waals surface area contributed by atoms with Gasteiger partial charge in [-0.1, -0.05) is 28.1 Å². The molecule has 0 bridgehead atoms. The van der Waals surface area contributed by atoms with Crippen LogP contribution in [-0.4, -0.2) is 22.5 Å². The molecular weight excluding hydrogens is 396 g/mol. The third kappa shape index (κ3) is 4.27. The Morgan fingerprint density at radius 1 is 1.20 bits per heavy atom. The Morgan fingerprint density at radius 2 is 1.96 bits per heavy atom. The van der Waals surface area contributed by atoms with Crippen LogP contribution in [0.2, 0.25) is 0 Å². The van der Waals surface area contributed by atoms with E-state index in [-0.39, 0.29) is 18.0 Å². The molecule has 0 saturated heterocycles. The van der Waals surface area contributed by atoms with E-state index in [4.69, 9.17) is 0 Å². The molecule has 0 unspecified atom stereocenters. The standard InChI is InChI=1S/C17H12BrF2N3O2/c18-11-5-6-15(25-17(19)20)10(7-11)8-22-16(24)14-9-21-12-3-1-2-4-13(12)23-14/h1-7,9,17H,8H2,(H,22,24). The van der Waals surface area contributed by atoms with Crippen LogP contribution >= 0.6 is 15.9 Å². The highest BCUT2D eigenvalue weighted by Gasteiger charge is 2.13. The summed E-state index contributed by atoms with van der Waals surface area (Å²) in [5, 5.41) is 2.63. The highest BCUT2D eigenvalue weighted by molar-refractivity contribution is 9.10. The van der Waals surface area contributed by atoms with Crippen LogP contribution in [0.15, 0.2) is 53.1 Å². The Labute approximate surface area is 150 Å². The molecule has 0 fully saturated rings. The fraction of sp³-hybridized carbons (Fsp3) is 0.118. The van der Waals surface area contributed by atoms with Gasteiger partial charge in [0.2, 0.25) is 0 Å². The van der Waals surface area contributed by atoms with Gasteiger partial charge in [0, 0.05) is 16.6 Å². The lowest BCUT2D eigenvalue weighted by Crippen LogP contribution is -2.24. The topological polar surface area (TPSA) is 64.1 Å². The van der Waals surface area contributed by atoms with Gasteiger partial charge in [-0.15, -0.1) is 0 Å². The van der Waals surface area contributed by atoms with Crippen molar-refractivity contribution in [1.82, 2.24) is 15.3 Å². The maximum atomic E-state index is 12.5. The molecule has 1 heterocycles. The van der Waals surface area contributed by atoms with Crippen LogP contribution in [0.1, 0.15) is 16.1 Å². The summed E-state index contributed by atoms with van der Waals surface area (Å²) in [7, 11) is 0. The van der Waals surface area contributed by atoms with Gasteiger partial charge in [-0.3, -0.25) is 9.78 Å². The summed E-state index contributed by atoms with van der Waals surface area (Å²) in [5.74, 6) is -0.454. The van der Waals surface area contributed by atoms with Crippen molar-refractivity contribution in [3.63, 3.8) is 0 Å². The van der Waals surface area contributed by atoms with Gasteiger partial charge in [-0.2, -0.15) is 8.78 Å². The number of alkyl halides is 2. The van der Waals surface area contributed by atoms with Crippen LogP contribution in [0, 0.1) is 0 Å². The van der Waals surface area contributed by atoms with Crippen LogP contribution in [0.25, 0.3) is 11.0 Å². The number of para-hydroxylation sites is 2. The molecule has 8 heteroatoms. The second-order valence-electron chi connectivity index (χ2n) is 5.06. The highest BCUT2D eigenvalue weighted by atomic mass is 79.9. The summed E-state index contributed by atoms with van der Waals surface area (Å²) in [6.45, 7) is -2.93. The zero-order valence-electron chi connectivity index (χ0n) is 12.7. The Bertz CT molecular complexity index is 921. The number of carbonyl (C=O) groups is 1. The van der Waals surface area contributed by atoms with Gasteiger partial charge in [0.25, 0.3) is 5.91 Å². The number of nitrogens with zero attached hydrogens (tertiary/aromatic N) is 2. The van der Waals surface area contributed by atoms with Gasteiger partial charge < -0.3 is 10.1 Å². The molecule has 0 aliphatic carbocycles. The number of hydrogen-bond donors (Lipinski definition) is 1. The van der Waals surface area contributed by atoms with Crippen molar-refractivity contribution in [1.29, 1.82) is 0 Å². The Balaban J connectivity index is 1.76. The monoisotopic (exact) mass is 407 g/mol. The van der Waals surface area contributed by atoms with E-state index in [0.717, 1.165) is 0 Å². The summed E-state index contributed by atoms with van der Waals surface area (Å²) >= 11 is 3.26. The average molecular weight is 408 g/mol. The Morgan fingerprint density at radius 3 is 2.72 bits per heavy atom. The molecule has 3 aromatic rings. The van der Waals surface area contributed by atoms with E-state index in [0.29, 0.717) is 21.1 Å². The molecule has 0 atom stereocenters. The minimum atomic E-state index is -2.94. The fourth-order valence-corrected chi connectivity index (χ4v) is 2.64. The number of ether oxygens (including phenoxy) is 1. The largest absolute Gasteiger partial charge is 0.434 e. The maximum Gasteiger partial charge on any atom is 0.387 e. The molecule has 25 heavy (non-hydrogen) atoms. The molecule has 128 valence electrons. The Hall–Kier alpha value is -2.61. The highest BCUT2D eigenvalue weighted by Crippen LogP contribution is 2.24. The van der Waals surface area contributed by atoms with E-state index >= 15 is 0 Å². The number of benzene rings is 2. The first kappa shape index (κ1) is 17.2. The molecule has 3 rings (SSSR count). The predicted octanol–water partition coefficient (Wildman–Crippen LogP) is 3.92. The SMILES string of the molecule is O=C(NCc1cc(Br)ccc1OC(F)F)c1cnc2ccccc2n1. The number of fused-ring (bicyclic) bond motifs is 1. The Kier molecular flexibility index (Phi) is 5.18. The lowest BCUT2D eigenvalue weighted by Gasteiger charge is -2.12. The van der Waals surface area contributed by atoms with Crippen molar-refractivity contribution in [3.05, 3.63) is 64.4 Å². The second-order valence-corrected chi connectivity index (χ2v) is 5.97. The van der Waals surface area contributed by atoms with Crippen LogP contribution in [0.5, 0.6) is 5.75 Å². The summed E-state index contributed by atoms with van der Waals surface area (Å²) < 4.78 is 30.1. The van der Waals surface area contributed by atoms with Gasteiger partial charge >= 0.3 is 6.61 Å². The first-order valence-electron chi connectivity index (χ1n) is 7.26. The zero-order chi connectivity index (χ0) is 17.8. The van der Waals surface area contributed by atoms with E-state index in [1.807, 2.05) is 6.07 Å². The van der Waals surface area contributed by atoms with E-state index < -0.39 is 12.5 Å². The molecule has 2 aromatic carbocycles. The van der Waals surface area contributed by atoms with Crippen molar-refractivity contribution in [2.24, 2.45) is 0 Å². The number of halogens is 3. The summed E-state index contributed by atoms with van der Waals surface area (Å²) in [6, 6.07) is 11.8. The van der Waals surface area contributed by atoms with Crippen LogP contribution in [0.3, 0.4) is 0 Å². The lowest BCUT2D eigenvalue weighted by atomic mass is 10.2. The quantitative estimate of drug-likeness (QED) is 0.695. The van der Waals surface area contributed by atoms with E-state index in [1.165, 1.54) is 12.3 Å². The number of rotatable bonds is 5. The average Bonchev–Trinajstić information content (AvgIpc) is 2.60. The molecular formula is C17H12BrF2N3O2. The number of aromatic nitrogens is 2. The minimum absolute atomic E-state index is 0.00287. The van der Waals surface area contributed by atoms with E-state index in [9.17, 15) is 13.6 Å². The van der Waals surface area contributed by atoms with Crippen molar-refractivity contribution in [2.75, 3.05) is 0 Å². The predicted molar refractivity (Wildman–Crippen MR) is 91.5 cm³/mol. The second kappa shape index (κ2) is 7.52. The third-order valence-electron chi connectivity index (χ3n) is 3.36. The first-order valence-corrected chi connectivity index (χ1v) is 8.05. The lowest BCUT2D eigenvalue weighted by molar-refractivity contribution is -0.0504. The molecule has 1 amide bonds. The zero-order valence-corrected chi connectivity index (χ0v) is 14.3. The molecule has 0 aliphatic heterocycles. The van der Waals surface area contributed by atoms with E-state index in [1.54, 1.807) is 30.3 Å². The molecule has 0 aliphatic rings. The number of amides is 1. The summed E-state index contributed by atoms with van der Waals surface area (Å²) in [5.41, 5.74) is 1.83. The van der Waals surface area contributed by atoms with Crippen molar-refractivity contribution >= 4 is 32.9 Å². The van der Waals surface area contributed by atoms with Gasteiger partial charge in [-0.05, 0) is 30.3 Å². The normalized spacial score (nSPS) is 10.9. The van der Waals surface area contributed by atoms with Gasteiger partial charge in [0.05, 0.1) is 17.2 Å². The molecule has 0 saturated carbocycles. The third-order valence-corrected chi connectivity index (χ3v) is 3.85. The molecule has 1 aromatic heterocycles. The molecule has 0 spiro atoms. The summed E-state index contributed by atoms with van der Waals surface area (Å²) in [4.78, 5) is 20.7. The number of nitrogens with one attached hydrogen (secondary N) is 1. The smallest absolute Gasteiger partial charge is 0.387 e. The van der Waals surface area contributed by atoms with Gasteiger partial charge in [0.1, 0.15) is 11.4 Å². The van der Waals surface area contributed by atoms with Crippen molar-refractivity contribution in [3.8, 4) is 5.75 Å². The number of carbonyl (C=O) groups excluding carboxylic acids is 1. The van der Waals surface area contributed by atoms with E-state index in [2.05, 4.69) is 36.0 Å².